The van der Waals surface area contributed by atoms with Crippen LogP contribution in [0.5, 0.6) is 0 Å². The molecule has 0 aliphatic rings. The lowest BCUT2D eigenvalue weighted by Crippen LogP contribution is -2.23. The van der Waals surface area contributed by atoms with Crippen molar-refractivity contribution < 1.29 is 0 Å². The Morgan fingerprint density at radius 3 is 2.50 bits per heavy atom. The van der Waals surface area contributed by atoms with Gasteiger partial charge in [0.15, 0.2) is 0 Å². The van der Waals surface area contributed by atoms with Gasteiger partial charge in [0.2, 0.25) is 0 Å². The summed E-state index contributed by atoms with van der Waals surface area (Å²) in [5.41, 5.74) is 3.63. The highest BCUT2D eigenvalue weighted by molar-refractivity contribution is 5.25. The average molecular weight is 220 g/mol. The molecule has 0 saturated carbocycles. The van der Waals surface area contributed by atoms with Gasteiger partial charge in [0, 0.05) is 17.4 Å². The van der Waals surface area contributed by atoms with Gasteiger partial charge in [0.1, 0.15) is 0 Å². The quantitative estimate of drug-likeness (QED) is 0.793. The molecule has 0 fully saturated rings. The van der Waals surface area contributed by atoms with Crippen LogP contribution in [-0.2, 0) is 0 Å². The standard InChI is InChI=1S/C14H24N2/c1-5-7-14(15-10-6-2)13-9-8-11(3)16-12(13)4/h8-9,14-15H,5-7,10H2,1-4H3. The molecule has 1 aromatic heterocycles. The summed E-state index contributed by atoms with van der Waals surface area (Å²) in [7, 11) is 0. The maximum Gasteiger partial charge on any atom is 0.0423 e. The lowest BCUT2D eigenvalue weighted by Gasteiger charge is -2.20. The summed E-state index contributed by atoms with van der Waals surface area (Å²) in [6.07, 6.45) is 3.57. The summed E-state index contributed by atoms with van der Waals surface area (Å²) >= 11 is 0. The third-order valence-corrected chi connectivity index (χ3v) is 2.86. The molecule has 1 rings (SSSR count). The summed E-state index contributed by atoms with van der Waals surface area (Å²) in [5.74, 6) is 0. The minimum Gasteiger partial charge on any atom is -0.310 e. The Morgan fingerprint density at radius 1 is 1.19 bits per heavy atom. The average Bonchev–Trinajstić information content (AvgIpc) is 2.25. The van der Waals surface area contributed by atoms with E-state index in [1.165, 1.54) is 30.5 Å². The first-order valence-corrected chi connectivity index (χ1v) is 6.36. The molecule has 0 amide bonds. The summed E-state index contributed by atoms with van der Waals surface area (Å²) in [5, 5.41) is 3.61. The molecule has 0 bridgehead atoms. The molecule has 1 unspecified atom stereocenters. The molecular formula is C14H24N2. The Hall–Kier alpha value is -0.890. The SMILES string of the molecule is CCCNC(CCC)c1ccc(C)nc1C. The lowest BCUT2D eigenvalue weighted by atomic mass is 10.0. The Morgan fingerprint density at radius 2 is 1.94 bits per heavy atom. The van der Waals surface area contributed by atoms with Crippen LogP contribution in [0.15, 0.2) is 12.1 Å². The molecule has 0 radical (unpaired) electrons. The van der Waals surface area contributed by atoms with E-state index in [1.807, 2.05) is 6.92 Å². The minimum absolute atomic E-state index is 0.470. The molecule has 2 heteroatoms. The van der Waals surface area contributed by atoms with E-state index >= 15 is 0 Å². The smallest absolute Gasteiger partial charge is 0.0423 e. The number of aryl methyl sites for hydroxylation is 2. The van der Waals surface area contributed by atoms with Gasteiger partial charge in [-0.3, -0.25) is 4.98 Å². The van der Waals surface area contributed by atoms with E-state index < -0.39 is 0 Å². The van der Waals surface area contributed by atoms with E-state index in [9.17, 15) is 0 Å². The second kappa shape index (κ2) is 6.64. The fraction of sp³-hybridized carbons (Fsp3) is 0.643. The Labute approximate surface area is 99.5 Å². The van der Waals surface area contributed by atoms with Crippen molar-refractivity contribution in [1.82, 2.24) is 10.3 Å². The molecule has 1 aromatic rings. The predicted octanol–water partition coefficient (Wildman–Crippen LogP) is 3.54. The molecule has 16 heavy (non-hydrogen) atoms. The van der Waals surface area contributed by atoms with E-state index in [-0.39, 0.29) is 0 Å². The molecule has 0 spiro atoms. The second-order valence-corrected chi connectivity index (χ2v) is 4.42. The van der Waals surface area contributed by atoms with Crippen molar-refractivity contribution in [3.63, 3.8) is 0 Å². The zero-order valence-electron chi connectivity index (χ0n) is 11.0. The van der Waals surface area contributed by atoms with Crippen LogP contribution in [0.2, 0.25) is 0 Å². The van der Waals surface area contributed by atoms with Gasteiger partial charge < -0.3 is 5.32 Å². The topological polar surface area (TPSA) is 24.9 Å². The number of rotatable bonds is 6. The molecule has 2 nitrogen and oxygen atoms in total. The first kappa shape index (κ1) is 13.2. The largest absolute Gasteiger partial charge is 0.310 e. The number of pyridine rings is 1. The zero-order chi connectivity index (χ0) is 12.0. The van der Waals surface area contributed by atoms with Crippen molar-refractivity contribution in [1.29, 1.82) is 0 Å². The van der Waals surface area contributed by atoms with Gasteiger partial charge in [-0.25, -0.2) is 0 Å². The molecule has 0 aliphatic heterocycles. The number of nitrogens with zero attached hydrogens (tertiary/aromatic N) is 1. The second-order valence-electron chi connectivity index (χ2n) is 4.42. The number of nitrogens with one attached hydrogen (secondary N) is 1. The highest BCUT2D eigenvalue weighted by Crippen LogP contribution is 2.21. The summed E-state index contributed by atoms with van der Waals surface area (Å²) in [6.45, 7) is 9.68. The highest BCUT2D eigenvalue weighted by Gasteiger charge is 2.12. The van der Waals surface area contributed by atoms with Gasteiger partial charge >= 0.3 is 0 Å². The molecule has 0 aromatic carbocycles. The first-order chi connectivity index (χ1) is 7.69. The predicted molar refractivity (Wildman–Crippen MR) is 69.7 cm³/mol. The maximum atomic E-state index is 4.54. The van der Waals surface area contributed by atoms with Crippen molar-refractivity contribution in [2.24, 2.45) is 0 Å². The summed E-state index contributed by atoms with van der Waals surface area (Å²) in [4.78, 5) is 4.54. The molecular weight excluding hydrogens is 196 g/mol. The summed E-state index contributed by atoms with van der Waals surface area (Å²) < 4.78 is 0. The van der Waals surface area contributed by atoms with Crippen LogP contribution in [0.4, 0.5) is 0 Å². The fourth-order valence-electron chi connectivity index (χ4n) is 2.04. The number of hydrogen-bond donors (Lipinski definition) is 1. The van der Waals surface area contributed by atoms with Gasteiger partial charge in [0.25, 0.3) is 0 Å². The van der Waals surface area contributed by atoms with Crippen molar-refractivity contribution in [3.05, 3.63) is 29.1 Å². The van der Waals surface area contributed by atoms with Gasteiger partial charge in [-0.2, -0.15) is 0 Å². The van der Waals surface area contributed by atoms with E-state index in [4.69, 9.17) is 0 Å². The van der Waals surface area contributed by atoms with Crippen molar-refractivity contribution in [3.8, 4) is 0 Å². The molecule has 1 atom stereocenters. The van der Waals surface area contributed by atoms with E-state index in [0.717, 1.165) is 12.2 Å². The van der Waals surface area contributed by atoms with Crippen molar-refractivity contribution >= 4 is 0 Å². The van der Waals surface area contributed by atoms with Crippen LogP contribution in [0.25, 0.3) is 0 Å². The third kappa shape index (κ3) is 3.60. The van der Waals surface area contributed by atoms with Crippen LogP contribution >= 0.6 is 0 Å². The maximum absolute atomic E-state index is 4.54. The number of hydrogen-bond acceptors (Lipinski definition) is 2. The minimum atomic E-state index is 0.470. The molecule has 1 heterocycles. The van der Waals surface area contributed by atoms with Gasteiger partial charge in [-0.15, -0.1) is 0 Å². The zero-order valence-corrected chi connectivity index (χ0v) is 11.0. The van der Waals surface area contributed by atoms with Crippen LogP contribution < -0.4 is 5.32 Å². The van der Waals surface area contributed by atoms with Gasteiger partial charge in [-0.05, 0) is 44.9 Å². The summed E-state index contributed by atoms with van der Waals surface area (Å²) in [6, 6.07) is 4.80. The Balaban J connectivity index is 2.82. The lowest BCUT2D eigenvalue weighted by molar-refractivity contribution is 0.490. The van der Waals surface area contributed by atoms with Crippen molar-refractivity contribution in [2.45, 2.75) is 53.0 Å². The third-order valence-electron chi connectivity index (χ3n) is 2.86. The number of aromatic nitrogens is 1. The van der Waals surface area contributed by atoms with Gasteiger partial charge in [0.05, 0.1) is 0 Å². The van der Waals surface area contributed by atoms with E-state index in [2.05, 4.69) is 43.2 Å². The monoisotopic (exact) mass is 220 g/mol. The molecule has 0 aliphatic carbocycles. The normalized spacial score (nSPS) is 12.8. The van der Waals surface area contributed by atoms with E-state index in [0.29, 0.717) is 6.04 Å². The fourth-order valence-corrected chi connectivity index (χ4v) is 2.04. The Bertz CT molecular complexity index is 321. The Kier molecular flexibility index (Phi) is 5.47. The molecule has 90 valence electrons. The molecule has 0 saturated heterocycles. The highest BCUT2D eigenvalue weighted by atomic mass is 14.9. The van der Waals surface area contributed by atoms with Crippen molar-refractivity contribution in [2.75, 3.05) is 6.54 Å². The molecule has 1 N–H and O–H groups in total. The van der Waals surface area contributed by atoms with Crippen LogP contribution in [0.3, 0.4) is 0 Å². The van der Waals surface area contributed by atoms with Crippen LogP contribution in [-0.4, -0.2) is 11.5 Å². The van der Waals surface area contributed by atoms with Gasteiger partial charge in [-0.1, -0.05) is 26.3 Å². The van der Waals surface area contributed by atoms with Crippen LogP contribution in [0, 0.1) is 13.8 Å². The van der Waals surface area contributed by atoms with Crippen LogP contribution in [0.1, 0.15) is 56.1 Å². The van der Waals surface area contributed by atoms with E-state index in [1.54, 1.807) is 0 Å². The first-order valence-electron chi connectivity index (χ1n) is 6.36.